The molecule has 0 bridgehead atoms. The first kappa shape index (κ1) is 7.43. The van der Waals surface area contributed by atoms with Crippen LogP contribution in [0.2, 0.25) is 0 Å². The van der Waals surface area contributed by atoms with Gasteiger partial charge in [-0.3, -0.25) is 0 Å². The van der Waals surface area contributed by atoms with Gasteiger partial charge in [0, 0.05) is 0 Å². The van der Waals surface area contributed by atoms with Crippen molar-refractivity contribution in [1.29, 1.82) is 0 Å². The number of hydrazine groups is 1. The number of nitroso groups, excluding NO2 is 1. The highest BCUT2D eigenvalue weighted by Crippen LogP contribution is 2.18. The van der Waals surface area contributed by atoms with Crippen molar-refractivity contribution in [3.8, 4) is 0 Å². The number of nitrogens with one attached hydrogen (secondary N) is 1. The molecule has 1 aliphatic rings. The van der Waals surface area contributed by atoms with Crippen LogP contribution in [0.3, 0.4) is 0 Å². The normalized spacial score (nSPS) is 22.8. The van der Waals surface area contributed by atoms with Gasteiger partial charge >= 0.3 is 0 Å². The fourth-order valence-electron chi connectivity index (χ4n) is 0.934. The molecule has 1 heterocycles. The Bertz CT molecular complexity index is 144. The molecular weight excluding hydrogens is 136 g/mol. The Labute approximate surface area is 58.2 Å². The summed E-state index contributed by atoms with van der Waals surface area (Å²) < 4.78 is 0. The number of nitrogens with zero attached hydrogens (tertiary/aromatic N) is 1. The molecule has 0 aliphatic carbocycles. The van der Waals surface area contributed by atoms with Crippen molar-refractivity contribution in [3.63, 3.8) is 0 Å². The van der Waals surface area contributed by atoms with E-state index >= 15 is 0 Å². The summed E-state index contributed by atoms with van der Waals surface area (Å²) in [6.07, 6.45) is 0. The molecule has 0 aromatic rings. The van der Waals surface area contributed by atoms with Crippen molar-refractivity contribution in [2.45, 2.75) is 0 Å². The molecule has 5 heteroatoms. The lowest BCUT2D eigenvalue weighted by Crippen LogP contribution is -2.34. The SMILES string of the molecule is O=[N+]1CC(CO)(CO)CN1. The number of aliphatic hydroxyl groups is 2. The lowest BCUT2D eigenvalue weighted by molar-refractivity contribution is -0.590. The Kier molecular flexibility index (Phi) is 1.87. The van der Waals surface area contributed by atoms with Crippen LogP contribution in [0.4, 0.5) is 0 Å². The van der Waals surface area contributed by atoms with Crippen molar-refractivity contribution in [1.82, 2.24) is 5.43 Å². The maximum absolute atomic E-state index is 10.6. The van der Waals surface area contributed by atoms with Crippen molar-refractivity contribution < 1.29 is 15.1 Å². The topological polar surface area (TPSA) is 72.6 Å². The zero-order valence-corrected chi connectivity index (χ0v) is 5.58. The zero-order chi connectivity index (χ0) is 7.61. The summed E-state index contributed by atoms with van der Waals surface area (Å²) in [5, 5.41) is 17.5. The maximum Gasteiger partial charge on any atom is 0.237 e. The van der Waals surface area contributed by atoms with E-state index in [1.165, 1.54) is 0 Å². The summed E-state index contributed by atoms with van der Waals surface area (Å²) in [5.74, 6) is 0. The minimum absolute atomic E-state index is 0.153. The van der Waals surface area contributed by atoms with Crippen LogP contribution in [0, 0.1) is 10.3 Å². The van der Waals surface area contributed by atoms with Gasteiger partial charge in [0.05, 0.1) is 24.7 Å². The average molecular weight is 147 g/mol. The molecule has 0 spiro atoms. The number of hydrogen-bond donors (Lipinski definition) is 3. The number of aliphatic hydroxyl groups excluding tert-OH is 2. The van der Waals surface area contributed by atoms with E-state index in [0.717, 1.165) is 0 Å². The maximum atomic E-state index is 10.6. The van der Waals surface area contributed by atoms with Gasteiger partial charge in [0.1, 0.15) is 10.3 Å². The van der Waals surface area contributed by atoms with Crippen LogP contribution in [-0.2, 0) is 0 Å². The molecule has 0 amide bonds. The smallest absolute Gasteiger partial charge is 0.237 e. The van der Waals surface area contributed by atoms with Crippen LogP contribution >= 0.6 is 0 Å². The highest BCUT2D eigenvalue weighted by atomic mass is 16.3. The summed E-state index contributed by atoms with van der Waals surface area (Å²) >= 11 is 0. The highest BCUT2D eigenvalue weighted by Gasteiger charge is 2.43. The van der Waals surface area contributed by atoms with Crippen molar-refractivity contribution in [3.05, 3.63) is 4.91 Å². The lowest BCUT2D eigenvalue weighted by Gasteiger charge is -2.14. The molecule has 1 saturated heterocycles. The first-order valence-corrected chi connectivity index (χ1v) is 3.12. The van der Waals surface area contributed by atoms with E-state index < -0.39 is 5.41 Å². The summed E-state index contributed by atoms with van der Waals surface area (Å²) in [6.45, 7) is 0.188. The first-order chi connectivity index (χ1) is 4.72. The van der Waals surface area contributed by atoms with Gasteiger partial charge in [0.25, 0.3) is 0 Å². The molecule has 58 valence electrons. The fourth-order valence-corrected chi connectivity index (χ4v) is 0.934. The molecule has 0 aromatic carbocycles. The fraction of sp³-hybridized carbons (Fsp3) is 1.00. The Morgan fingerprint density at radius 1 is 1.50 bits per heavy atom. The van der Waals surface area contributed by atoms with Crippen molar-refractivity contribution in [2.24, 2.45) is 5.41 Å². The van der Waals surface area contributed by atoms with Gasteiger partial charge in [0.2, 0.25) is 6.54 Å². The molecular formula is C5H11N2O3+. The van der Waals surface area contributed by atoms with Gasteiger partial charge in [-0.05, 0) is 0 Å². The third-order valence-corrected chi connectivity index (χ3v) is 1.78. The molecule has 0 aromatic heterocycles. The van der Waals surface area contributed by atoms with Crippen LogP contribution in [-0.4, -0.2) is 41.4 Å². The van der Waals surface area contributed by atoms with Crippen LogP contribution < -0.4 is 5.43 Å². The van der Waals surface area contributed by atoms with Crippen molar-refractivity contribution in [2.75, 3.05) is 26.3 Å². The van der Waals surface area contributed by atoms with Crippen molar-refractivity contribution >= 4 is 0 Å². The van der Waals surface area contributed by atoms with E-state index in [2.05, 4.69) is 5.43 Å². The largest absolute Gasteiger partial charge is 0.395 e. The molecule has 1 rings (SSSR count). The molecule has 0 unspecified atom stereocenters. The Balaban J connectivity index is 2.59. The van der Waals surface area contributed by atoms with Gasteiger partial charge in [0.15, 0.2) is 0 Å². The molecule has 0 atom stereocenters. The molecule has 3 N–H and O–H groups in total. The van der Waals surface area contributed by atoms with Gasteiger partial charge < -0.3 is 10.2 Å². The van der Waals surface area contributed by atoms with E-state index in [9.17, 15) is 4.91 Å². The van der Waals surface area contributed by atoms with Gasteiger partial charge in [-0.2, -0.15) is 5.43 Å². The Hall–Kier alpha value is -0.680. The average Bonchev–Trinajstić information content (AvgIpc) is 2.33. The highest BCUT2D eigenvalue weighted by molar-refractivity contribution is 4.80. The zero-order valence-electron chi connectivity index (χ0n) is 5.58. The van der Waals surface area contributed by atoms with E-state index in [-0.39, 0.29) is 19.8 Å². The van der Waals surface area contributed by atoms with Gasteiger partial charge in [-0.15, -0.1) is 0 Å². The molecule has 5 nitrogen and oxygen atoms in total. The standard InChI is InChI=1S/C5H11N2O3/c8-3-5(4-9)1-6-7(10)2-5/h8-9H,1-4H2,(H,6,10)/q+1. The molecule has 10 heavy (non-hydrogen) atoms. The summed E-state index contributed by atoms with van der Waals surface area (Å²) in [6, 6.07) is 0. The van der Waals surface area contributed by atoms with Crippen LogP contribution in [0.15, 0.2) is 0 Å². The van der Waals surface area contributed by atoms with E-state index in [0.29, 0.717) is 11.4 Å². The Morgan fingerprint density at radius 2 is 2.10 bits per heavy atom. The predicted molar refractivity (Wildman–Crippen MR) is 33.1 cm³/mol. The molecule has 0 saturated carbocycles. The second-order valence-electron chi connectivity index (χ2n) is 2.69. The van der Waals surface area contributed by atoms with E-state index in [4.69, 9.17) is 10.2 Å². The molecule has 0 radical (unpaired) electrons. The van der Waals surface area contributed by atoms with Gasteiger partial charge in [-0.25, -0.2) is 0 Å². The predicted octanol–water partition coefficient (Wildman–Crippen LogP) is -1.75. The summed E-state index contributed by atoms with van der Waals surface area (Å²) in [5.41, 5.74) is 1.83. The van der Waals surface area contributed by atoms with Crippen LogP contribution in [0.5, 0.6) is 0 Å². The monoisotopic (exact) mass is 147 g/mol. The summed E-state index contributed by atoms with van der Waals surface area (Å²) in [4.78, 5) is 11.2. The minimum Gasteiger partial charge on any atom is -0.395 e. The molecule has 1 fully saturated rings. The van der Waals surface area contributed by atoms with E-state index in [1.54, 1.807) is 0 Å². The third kappa shape index (κ3) is 1.10. The second-order valence-corrected chi connectivity index (χ2v) is 2.69. The number of hydrogen-bond acceptors (Lipinski definition) is 3. The second kappa shape index (κ2) is 2.51. The molecule has 1 aliphatic heterocycles. The summed E-state index contributed by atoms with van der Waals surface area (Å²) in [7, 11) is 0. The third-order valence-electron chi connectivity index (χ3n) is 1.78. The van der Waals surface area contributed by atoms with Crippen LogP contribution in [0.1, 0.15) is 0 Å². The first-order valence-electron chi connectivity index (χ1n) is 3.12. The number of rotatable bonds is 2. The van der Waals surface area contributed by atoms with Gasteiger partial charge in [-0.1, -0.05) is 0 Å². The minimum atomic E-state index is -0.637. The van der Waals surface area contributed by atoms with E-state index in [1.807, 2.05) is 0 Å². The Morgan fingerprint density at radius 3 is 2.30 bits per heavy atom. The quantitative estimate of drug-likeness (QED) is 0.405. The lowest BCUT2D eigenvalue weighted by atomic mass is 9.92. The van der Waals surface area contributed by atoms with Crippen LogP contribution in [0.25, 0.3) is 0 Å².